The standard InChI is InChI=1S/C10H20O3/c1-10(2)8-12-6-4-3-5-7-13-9-11/h9-10H,3-8H2,1-2H3. The van der Waals surface area contributed by atoms with Gasteiger partial charge in [0.15, 0.2) is 0 Å². The number of unbranched alkanes of at least 4 members (excludes halogenated alkanes) is 2. The Kier molecular flexibility index (Phi) is 9.10. The Balaban J connectivity index is 2.87. The van der Waals surface area contributed by atoms with Crippen molar-refractivity contribution >= 4 is 6.47 Å². The second-order valence-corrected chi connectivity index (χ2v) is 3.50. The van der Waals surface area contributed by atoms with Crippen LogP contribution in [0.4, 0.5) is 0 Å². The van der Waals surface area contributed by atoms with Gasteiger partial charge in [0.05, 0.1) is 6.61 Å². The number of hydrogen-bond donors (Lipinski definition) is 0. The van der Waals surface area contributed by atoms with E-state index in [1.165, 1.54) is 0 Å². The fourth-order valence-electron chi connectivity index (χ4n) is 0.933. The van der Waals surface area contributed by atoms with Gasteiger partial charge in [0.25, 0.3) is 6.47 Å². The first kappa shape index (κ1) is 12.4. The Morgan fingerprint density at radius 1 is 1.15 bits per heavy atom. The second kappa shape index (κ2) is 9.52. The van der Waals surface area contributed by atoms with Crippen molar-refractivity contribution in [3.63, 3.8) is 0 Å². The fourth-order valence-corrected chi connectivity index (χ4v) is 0.933. The van der Waals surface area contributed by atoms with Crippen molar-refractivity contribution in [2.75, 3.05) is 19.8 Å². The predicted molar refractivity (Wildman–Crippen MR) is 51.5 cm³/mol. The molecule has 0 heterocycles. The molecule has 13 heavy (non-hydrogen) atoms. The number of ether oxygens (including phenoxy) is 2. The summed E-state index contributed by atoms with van der Waals surface area (Å²) < 4.78 is 9.95. The molecule has 0 unspecified atom stereocenters. The highest BCUT2D eigenvalue weighted by molar-refractivity contribution is 5.36. The van der Waals surface area contributed by atoms with Crippen molar-refractivity contribution in [1.82, 2.24) is 0 Å². The lowest BCUT2D eigenvalue weighted by Gasteiger charge is -2.05. The molecule has 0 saturated heterocycles. The second-order valence-electron chi connectivity index (χ2n) is 3.50. The predicted octanol–water partition coefficient (Wildman–Crippen LogP) is 2.00. The molecule has 0 saturated carbocycles. The average Bonchev–Trinajstić information content (AvgIpc) is 2.09. The minimum absolute atomic E-state index is 0.495. The normalized spacial score (nSPS) is 10.4. The fraction of sp³-hybridized carbons (Fsp3) is 0.900. The van der Waals surface area contributed by atoms with Crippen molar-refractivity contribution in [3.05, 3.63) is 0 Å². The maximum absolute atomic E-state index is 9.77. The van der Waals surface area contributed by atoms with Crippen LogP contribution in [0.15, 0.2) is 0 Å². The summed E-state index contributed by atoms with van der Waals surface area (Å²) >= 11 is 0. The third kappa shape index (κ3) is 11.4. The summed E-state index contributed by atoms with van der Waals surface area (Å²) in [5, 5.41) is 0. The van der Waals surface area contributed by atoms with Crippen LogP contribution in [0.2, 0.25) is 0 Å². The van der Waals surface area contributed by atoms with Gasteiger partial charge in [-0.1, -0.05) is 13.8 Å². The van der Waals surface area contributed by atoms with Gasteiger partial charge in [-0.05, 0) is 25.2 Å². The van der Waals surface area contributed by atoms with Crippen LogP contribution in [-0.4, -0.2) is 26.3 Å². The van der Waals surface area contributed by atoms with E-state index in [1.54, 1.807) is 0 Å². The molecule has 0 spiro atoms. The molecule has 0 atom stereocenters. The smallest absolute Gasteiger partial charge is 0.293 e. The van der Waals surface area contributed by atoms with Gasteiger partial charge in [0, 0.05) is 13.2 Å². The lowest BCUT2D eigenvalue weighted by atomic mass is 10.2. The van der Waals surface area contributed by atoms with Crippen molar-refractivity contribution < 1.29 is 14.3 Å². The maximum Gasteiger partial charge on any atom is 0.293 e. The van der Waals surface area contributed by atoms with E-state index >= 15 is 0 Å². The highest BCUT2D eigenvalue weighted by Gasteiger charge is 1.93. The molecule has 0 bridgehead atoms. The van der Waals surface area contributed by atoms with Crippen LogP contribution in [0.5, 0.6) is 0 Å². The zero-order valence-electron chi connectivity index (χ0n) is 8.62. The van der Waals surface area contributed by atoms with Gasteiger partial charge in [-0.15, -0.1) is 0 Å². The summed E-state index contributed by atoms with van der Waals surface area (Å²) in [6.45, 7) is 6.96. The van der Waals surface area contributed by atoms with Gasteiger partial charge >= 0.3 is 0 Å². The van der Waals surface area contributed by atoms with Crippen molar-refractivity contribution in [2.24, 2.45) is 5.92 Å². The van der Waals surface area contributed by atoms with Crippen molar-refractivity contribution in [2.45, 2.75) is 33.1 Å². The molecule has 3 nitrogen and oxygen atoms in total. The largest absolute Gasteiger partial charge is 0.468 e. The molecule has 0 aromatic rings. The quantitative estimate of drug-likeness (QED) is 0.410. The summed E-state index contributed by atoms with van der Waals surface area (Å²) in [6.07, 6.45) is 3.05. The molecular weight excluding hydrogens is 168 g/mol. The van der Waals surface area contributed by atoms with E-state index in [-0.39, 0.29) is 0 Å². The molecule has 0 aliphatic rings. The molecule has 0 aliphatic carbocycles. The highest BCUT2D eigenvalue weighted by atomic mass is 16.5. The van der Waals surface area contributed by atoms with Crippen LogP contribution in [0.3, 0.4) is 0 Å². The van der Waals surface area contributed by atoms with Gasteiger partial charge in [0.1, 0.15) is 0 Å². The Bertz CT molecular complexity index is 113. The molecule has 78 valence electrons. The minimum Gasteiger partial charge on any atom is -0.468 e. The molecule has 0 aliphatic heterocycles. The molecule has 3 heteroatoms. The van der Waals surface area contributed by atoms with E-state index in [4.69, 9.17) is 4.74 Å². The van der Waals surface area contributed by atoms with E-state index in [9.17, 15) is 4.79 Å². The third-order valence-corrected chi connectivity index (χ3v) is 1.57. The molecule has 0 aromatic heterocycles. The highest BCUT2D eigenvalue weighted by Crippen LogP contribution is 1.98. The molecule has 0 aromatic carbocycles. The first-order valence-electron chi connectivity index (χ1n) is 4.90. The van der Waals surface area contributed by atoms with Crippen molar-refractivity contribution in [1.29, 1.82) is 0 Å². The van der Waals surface area contributed by atoms with Crippen LogP contribution in [0.25, 0.3) is 0 Å². The van der Waals surface area contributed by atoms with E-state index < -0.39 is 0 Å². The van der Waals surface area contributed by atoms with Crippen molar-refractivity contribution in [3.8, 4) is 0 Å². The van der Waals surface area contributed by atoms with Gasteiger partial charge in [-0.3, -0.25) is 4.79 Å². The Hall–Kier alpha value is -0.570. The summed E-state index contributed by atoms with van der Waals surface area (Å²) in [7, 11) is 0. The van der Waals surface area contributed by atoms with E-state index in [1.807, 2.05) is 0 Å². The topological polar surface area (TPSA) is 35.5 Å². The molecule has 0 amide bonds. The Labute approximate surface area is 80.4 Å². The first-order valence-corrected chi connectivity index (χ1v) is 4.90. The summed E-state index contributed by atoms with van der Waals surface area (Å²) in [4.78, 5) is 9.77. The van der Waals surface area contributed by atoms with Crippen LogP contribution < -0.4 is 0 Å². The molecule has 0 N–H and O–H groups in total. The molecular formula is C10H20O3. The number of hydrogen-bond acceptors (Lipinski definition) is 3. The monoisotopic (exact) mass is 188 g/mol. The number of carbonyl (C=O) groups excluding carboxylic acids is 1. The zero-order valence-corrected chi connectivity index (χ0v) is 8.62. The molecule has 0 fully saturated rings. The van der Waals surface area contributed by atoms with Crippen LogP contribution in [-0.2, 0) is 14.3 Å². The first-order chi connectivity index (χ1) is 6.27. The van der Waals surface area contributed by atoms with E-state index in [0.29, 0.717) is 19.0 Å². The number of carbonyl (C=O) groups is 1. The van der Waals surface area contributed by atoms with Crippen LogP contribution >= 0.6 is 0 Å². The summed E-state index contributed by atoms with van der Waals surface area (Å²) in [5.41, 5.74) is 0. The Morgan fingerprint density at radius 3 is 2.46 bits per heavy atom. The van der Waals surface area contributed by atoms with Crippen LogP contribution in [0, 0.1) is 5.92 Å². The van der Waals surface area contributed by atoms with E-state index in [2.05, 4.69) is 18.6 Å². The number of rotatable bonds is 9. The van der Waals surface area contributed by atoms with Gasteiger partial charge in [-0.25, -0.2) is 0 Å². The average molecular weight is 188 g/mol. The minimum atomic E-state index is 0.495. The van der Waals surface area contributed by atoms with Crippen LogP contribution in [0.1, 0.15) is 33.1 Å². The van der Waals surface area contributed by atoms with E-state index in [0.717, 1.165) is 32.5 Å². The Morgan fingerprint density at radius 2 is 1.85 bits per heavy atom. The lowest BCUT2D eigenvalue weighted by molar-refractivity contribution is -0.128. The molecule has 0 rings (SSSR count). The maximum atomic E-state index is 9.77. The summed E-state index contributed by atoms with van der Waals surface area (Å²) in [6, 6.07) is 0. The zero-order chi connectivity index (χ0) is 9.94. The lowest BCUT2D eigenvalue weighted by Crippen LogP contribution is -2.03. The molecule has 0 radical (unpaired) electrons. The van der Waals surface area contributed by atoms with Gasteiger partial charge < -0.3 is 9.47 Å². The SMILES string of the molecule is CC(C)COCCCCCOC=O. The summed E-state index contributed by atoms with van der Waals surface area (Å²) in [5.74, 6) is 0.610. The van der Waals surface area contributed by atoms with Gasteiger partial charge in [0.2, 0.25) is 0 Å². The third-order valence-electron chi connectivity index (χ3n) is 1.57. The van der Waals surface area contributed by atoms with Gasteiger partial charge in [-0.2, -0.15) is 0 Å².